The van der Waals surface area contributed by atoms with Crippen molar-refractivity contribution >= 4 is 17.2 Å². The molecular formula is C15H13N3OS. The van der Waals surface area contributed by atoms with E-state index in [-0.39, 0.29) is 5.91 Å². The minimum absolute atomic E-state index is 0.178. The molecule has 0 unspecified atom stereocenters. The summed E-state index contributed by atoms with van der Waals surface area (Å²) in [4.78, 5) is 16.5. The van der Waals surface area contributed by atoms with E-state index < -0.39 is 0 Å². The van der Waals surface area contributed by atoms with Crippen molar-refractivity contribution in [3.05, 3.63) is 51.5 Å². The van der Waals surface area contributed by atoms with Gasteiger partial charge in [-0.25, -0.2) is 4.98 Å². The summed E-state index contributed by atoms with van der Waals surface area (Å²) in [5.41, 5.74) is 1.89. The molecule has 0 radical (unpaired) electrons. The van der Waals surface area contributed by atoms with E-state index in [2.05, 4.69) is 10.3 Å². The Morgan fingerprint density at radius 1 is 1.50 bits per heavy atom. The van der Waals surface area contributed by atoms with Gasteiger partial charge in [0.2, 0.25) is 0 Å². The van der Waals surface area contributed by atoms with Crippen LogP contribution < -0.4 is 5.32 Å². The Balaban J connectivity index is 1.61. The second-order valence-corrected chi connectivity index (χ2v) is 5.72. The predicted molar refractivity (Wildman–Crippen MR) is 76.4 cm³/mol. The highest BCUT2D eigenvalue weighted by atomic mass is 32.1. The number of aromatic nitrogens is 1. The average Bonchev–Trinajstić information content (AvgIpc) is 3.24. The van der Waals surface area contributed by atoms with Crippen LogP contribution in [0.4, 0.5) is 0 Å². The molecule has 2 aromatic rings. The Labute approximate surface area is 121 Å². The van der Waals surface area contributed by atoms with Crippen LogP contribution in [-0.2, 0) is 6.54 Å². The number of carbonyl (C=O) groups is 1. The number of thiazole rings is 1. The second kappa shape index (κ2) is 5.43. The third kappa shape index (κ3) is 2.86. The lowest BCUT2D eigenvalue weighted by Gasteiger charge is -2.03. The first-order chi connectivity index (χ1) is 9.76. The first-order valence-electron chi connectivity index (χ1n) is 6.49. The van der Waals surface area contributed by atoms with Crippen LogP contribution >= 0.6 is 11.3 Å². The zero-order chi connectivity index (χ0) is 13.9. The van der Waals surface area contributed by atoms with E-state index in [1.165, 1.54) is 17.8 Å². The van der Waals surface area contributed by atoms with Crippen LogP contribution in [0.5, 0.6) is 0 Å². The molecule has 1 aliphatic rings. The summed E-state index contributed by atoms with van der Waals surface area (Å²) in [6.07, 6.45) is 2.47. The van der Waals surface area contributed by atoms with E-state index in [1.54, 1.807) is 35.6 Å². The van der Waals surface area contributed by atoms with E-state index in [0.29, 0.717) is 23.6 Å². The minimum atomic E-state index is -0.178. The second-order valence-electron chi connectivity index (χ2n) is 4.83. The van der Waals surface area contributed by atoms with Crippen LogP contribution in [0.15, 0.2) is 29.6 Å². The number of carbonyl (C=O) groups excluding carboxylic acids is 1. The van der Waals surface area contributed by atoms with Crippen molar-refractivity contribution in [1.82, 2.24) is 10.3 Å². The molecule has 5 heteroatoms. The van der Waals surface area contributed by atoms with Gasteiger partial charge in [0.1, 0.15) is 0 Å². The average molecular weight is 283 g/mol. The van der Waals surface area contributed by atoms with E-state index >= 15 is 0 Å². The smallest absolute Gasteiger partial charge is 0.251 e. The topological polar surface area (TPSA) is 65.8 Å². The molecule has 0 atom stereocenters. The number of nitriles is 1. The van der Waals surface area contributed by atoms with Crippen molar-refractivity contribution in [3.63, 3.8) is 0 Å². The van der Waals surface area contributed by atoms with Crippen molar-refractivity contribution in [2.45, 2.75) is 25.3 Å². The van der Waals surface area contributed by atoms with Crippen LogP contribution in [0.2, 0.25) is 0 Å². The fraction of sp³-hybridized carbons (Fsp3) is 0.267. The maximum absolute atomic E-state index is 12.0. The van der Waals surface area contributed by atoms with E-state index in [1.807, 2.05) is 11.4 Å². The molecule has 100 valence electrons. The summed E-state index contributed by atoms with van der Waals surface area (Å²) in [6.45, 7) is 0.429. The van der Waals surface area contributed by atoms with Gasteiger partial charge in [-0.3, -0.25) is 4.79 Å². The Morgan fingerprint density at radius 2 is 2.35 bits per heavy atom. The summed E-state index contributed by atoms with van der Waals surface area (Å²) in [7, 11) is 0. The molecule has 0 spiro atoms. The molecule has 1 fully saturated rings. The molecule has 1 aromatic carbocycles. The van der Waals surface area contributed by atoms with Crippen LogP contribution in [0, 0.1) is 11.3 Å². The Bertz CT molecular complexity index is 682. The van der Waals surface area contributed by atoms with Crippen molar-refractivity contribution < 1.29 is 4.79 Å². The summed E-state index contributed by atoms with van der Waals surface area (Å²) in [6, 6.07) is 8.71. The normalized spacial score (nSPS) is 13.8. The van der Waals surface area contributed by atoms with Crippen molar-refractivity contribution in [2.75, 3.05) is 0 Å². The highest BCUT2D eigenvalue weighted by molar-refractivity contribution is 7.09. The fourth-order valence-corrected chi connectivity index (χ4v) is 2.92. The van der Waals surface area contributed by atoms with E-state index in [9.17, 15) is 4.79 Å². The van der Waals surface area contributed by atoms with Crippen LogP contribution in [-0.4, -0.2) is 10.9 Å². The lowest BCUT2D eigenvalue weighted by atomic mass is 10.1. The number of rotatable bonds is 4. The molecule has 1 N–H and O–H groups in total. The van der Waals surface area contributed by atoms with Crippen LogP contribution in [0.1, 0.15) is 45.4 Å². The summed E-state index contributed by atoms with van der Waals surface area (Å²) in [5, 5.41) is 14.8. The largest absolute Gasteiger partial charge is 0.346 e. The Hall–Kier alpha value is -2.19. The van der Waals surface area contributed by atoms with E-state index in [4.69, 9.17) is 5.26 Å². The Kier molecular flexibility index (Phi) is 3.48. The summed E-state index contributed by atoms with van der Waals surface area (Å²) >= 11 is 1.67. The number of benzene rings is 1. The van der Waals surface area contributed by atoms with Gasteiger partial charge < -0.3 is 5.32 Å². The van der Waals surface area contributed by atoms with Gasteiger partial charge in [0.05, 0.1) is 28.9 Å². The molecule has 1 saturated carbocycles. The first kappa shape index (κ1) is 12.8. The molecular weight excluding hydrogens is 270 g/mol. The van der Waals surface area contributed by atoms with Crippen molar-refractivity contribution in [2.24, 2.45) is 0 Å². The highest BCUT2D eigenvalue weighted by Gasteiger charge is 2.26. The monoisotopic (exact) mass is 283 g/mol. The van der Waals surface area contributed by atoms with E-state index in [0.717, 1.165) is 5.69 Å². The van der Waals surface area contributed by atoms with Crippen molar-refractivity contribution in [1.29, 1.82) is 5.26 Å². The number of hydrogen-bond acceptors (Lipinski definition) is 4. The van der Waals surface area contributed by atoms with Crippen molar-refractivity contribution in [3.8, 4) is 6.07 Å². The maximum Gasteiger partial charge on any atom is 0.251 e. The SMILES string of the molecule is N#Cc1cccc(C(=O)NCc2csc(C3CC3)n2)c1. The fourth-order valence-electron chi connectivity index (χ4n) is 1.92. The van der Waals surface area contributed by atoms with Gasteiger partial charge in [-0.05, 0) is 31.0 Å². The summed E-state index contributed by atoms with van der Waals surface area (Å²) in [5.74, 6) is 0.472. The van der Waals surface area contributed by atoms with Gasteiger partial charge in [0.25, 0.3) is 5.91 Å². The minimum Gasteiger partial charge on any atom is -0.346 e. The van der Waals surface area contributed by atoms with Crippen LogP contribution in [0.25, 0.3) is 0 Å². The number of nitrogens with one attached hydrogen (secondary N) is 1. The van der Waals surface area contributed by atoms with Gasteiger partial charge in [-0.2, -0.15) is 5.26 Å². The molecule has 4 nitrogen and oxygen atoms in total. The highest BCUT2D eigenvalue weighted by Crippen LogP contribution is 2.41. The summed E-state index contributed by atoms with van der Waals surface area (Å²) < 4.78 is 0. The molecule has 1 aliphatic carbocycles. The van der Waals surface area contributed by atoms with Crippen LogP contribution in [0.3, 0.4) is 0 Å². The lowest BCUT2D eigenvalue weighted by Crippen LogP contribution is -2.23. The third-order valence-electron chi connectivity index (χ3n) is 3.18. The predicted octanol–water partition coefficient (Wildman–Crippen LogP) is 2.82. The number of hydrogen-bond donors (Lipinski definition) is 1. The zero-order valence-corrected chi connectivity index (χ0v) is 11.6. The molecule has 3 rings (SSSR count). The Morgan fingerprint density at radius 3 is 3.10 bits per heavy atom. The first-order valence-corrected chi connectivity index (χ1v) is 7.37. The zero-order valence-electron chi connectivity index (χ0n) is 10.8. The number of amides is 1. The maximum atomic E-state index is 12.0. The van der Waals surface area contributed by atoms with Gasteiger partial charge in [-0.1, -0.05) is 6.07 Å². The molecule has 1 amide bonds. The van der Waals surface area contributed by atoms with Gasteiger partial charge in [0, 0.05) is 16.9 Å². The quantitative estimate of drug-likeness (QED) is 0.938. The lowest BCUT2D eigenvalue weighted by molar-refractivity contribution is 0.0950. The van der Waals surface area contributed by atoms with Gasteiger partial charge in [-0.15, -0.1) is 11.3 Å². The van der Waals surface area contributed by atoms with Gasteiger partial charge in [0.15, 0.2) is 0 Å². The third-order valence-corrected chi connectivity index (χ3v) is 4.24. The molecule has 0 aliphatic heterocycles. The molecule has 20 heavy (non-hydrogen) atoms. The molecule has 1 heterocycles. The molecule has 0 saturated heterocycles. The molecule has 1 aromatic heterocycles. The standard InChI is InChI=1S/C15H13N3OS/c16-7-10-2-1-3-12(6-10)14(19)17-8-13-9-20-15(18-13)11-4-5-11/h1-3,6,9,11H,4-5,8H2,(H,17,19). The molecule has 0 bridgehead atoms. The van der Waals surface area contributed by atoms with Gasteiger partial charge >= 0.3 is 0 Å². The number of nitrogens with zero attached hydrogens (tertiary/aromatic N) is 2.